The topological polar surface area (TPSA) is 9.23 Å². The van der Waals surface area contributed by atoms with Gasteiger partial charge in [-0.15, -0.1) is 0 Å². The van der Waals surface area contributed by atoms with Crippen LogP contribution in [0.25, 0.3) is 0 Å². The highest BCUT2D eigenvalue weighted by Crippen LogP contribution is 2.31. The zero-order valence-corrected chi connectivity index (χ0v) is 12.9. The molecule has 1 unspecified atom stereocenters. The van der Waals surface area contributed by atoms with Crippen molar-refractivity contribution in [2.75, 3.05) is 0 Å². The Morgan fingerprint density at radius 1 is 0.913 bits per heavy atom. The third kappa shape index (κ3) is 2.58. The smallest absolute Gasteiger partial charge is 0.362 e. The van der Waals surface area contributed by atoms with Crippen molar-refractivity contribution in [3.05, 3.63) is 95.3 Å². The Hall–Kier alpha value is -2.39. The van der Waals surface area contributed by atoms with Gasteiger partial charge < -0.3 is 4.65 Å². The standard InChI is InChI=1S/C20H16BFO/c1-14-6-5-9-16(12-14)21-19-11-10-17(22)13-18(19)20(23-21)15-7-3-2-4-8-15/h2-13,20H,1H3. The van der Waals surface area contributed by atoms with Gasteiger partial charge in [-0.25, -0.2) is 4.39 Å². The third-order valence-electron chi connectivity index (χ3n) is 4.33. The van der Waals surface area contributed by atoms with Crippen LogP contribution in [0.2, 0.25) is 0 Å². The monoisotopic (exact) mass is 302 g/mol. The molecule has 1 nitrogen and oxygen atoms in total. The van der Waals surface area contributed by atoms with E-state index in [1.807, 2.05) is 42.5 Å². The average molecular weight is 302 g/mol. The van der Waals surface area contributed by atoms with Crippen LogP contribution in [0.15, 0.2) is 72.8 Å². The quantitative estimate of drug-likeness (QED) is 0.660. The van der Waals surface area contributed by atoms with Crippen LogP contribution in [0.3, 0.4) is 0 Å². The first-order chi connectivity index (χ1) is 11.2. The van der Waals surface area contributed by atoms with Crippen molar-refractivity contribution in [2.45, 2.75) is 13.0 Å². The lowest BCUT2D eigenvalue weighted by molar-refractivity contribution is 0.273. The average Bonchev–Trinajstić information content (AvgIpc) is 2.94. The number of halogens is 1. The molecule has 3 aromatic rings. The maximum Gasteiger partial charge on any atom is 0.362 e. The normalized spacial score (nSPS) is 16.4. The summed E-state index contributed by atoms with van der Waals surface area (Å²) in [5.41, 5.74) is 5.32. The molecule has 3 aromatic carbocycles. The molecule has 23 heavy (non-hydrogen) atoms. The van der Waals surface area contributed by atoms with E-state index in [1.165, 1.54) is 11.6 Å². The first-order valence-corrected chi connectivity index (χ1v) is 7.79. The van der Waals surface area contributed by atoms with Crippen LogP contribution in [-0.4, -0.2) is 6.92 Å². The molecule has 1 atom stereocenters. The third-order valence-corrected chi connectivity index (χ3v) is 4.33. The van der Waals surface area contributed by atoms with Gasteiger partial charge in [-0.05, 0) is 41.1 Å². The Kier molecular flexibility index (Phi) is 3.51. The maximum absolute atomic E-state index is 13.8. The fourth-order valence-corrected chi connectivity index (χ4v) is 3.27. The summed E-state index contributed by atoms with van der Waals surface area (Å²) < 4.78 is 20.1. The van der Waals surface area contributed by atoms with Gasteiger partial charge in [-0.1, -0.05) is 66.2 Å². The molecular weight excluding hydrogens is 286 g/mol. The van der Waals surface area contributed by atoms with Crippen molar-refractivity contribution >= 4 is 17.8 Å². The Bertz CT molecular complexity index is 847. The molecule has 1 aliphatic rings. The predicted octanol–water partition coefficient (Wildman–Crippen LogP) is 3.36. The van der Waals surface area contributed by atoms with Gasteiger partial charge in [-0.3, -0.25) is 0 Å². The molecule has 112 valence electrons. The minimum Gasteiger partial charge on any atom is -0.416 e. The summed E-state index contributed by atoms with van der Waals surface area (Å²) in [6.45, 7) is 1.91. The van der Waals surface area contributed by atoms with E-state index < -0.39 is 0 Å². The van der Waals surface area contributed by atoms with Crippen LogP contribution < -0.4 is 10.9 Å². The van der Waals surface area contributed by atoms with Crippen LogP contribution >= 0.6 is 0 Å². The van der Waals surface area contributed by atoms with E-state index in [0.29, 0.717) is 0 Å². The van der Waals surface area contributed by atoms with E-state index in [0.717, 1.165) is 22.1 Å². The van der Waals surface area contributed by atoms with Crippen molar-refractivity contribution in [3.8, 4) is 0 Å². The summed E-state index contributed by atoms with van der Waals surface area (Å²) in [7, 11) is 0. The lowest BCUT2D eigenvalue weighted by atomic mass is 9.55. The highest BCUT2D eigenvalue weighted by molar-refractivity contribution is 6.81. The fourth-order valence-electron chi connectivity index (χ4n) is 3.27. The van der Waals surface area contributed by atoms with E-state index in [9.17, 15) is 4.39 Å². The Morgan fingerprint density at radius 2 is 1.74 bits per heavy atom. The number of hydrogen-bond donors (Lipinski definition) is 0. The van der Waals surface area contributed by atoms with Crippen LogP contribution in [0.5, 0.6) is 0 Å². The minimum atomic E-state index is -0.229. The summed E-state index contributed by atoms with van der Waals surface area (Å²) in [4.78, 5) is 0. The van der Waals surface area contributed by atoms with Gasteiger partial charge in [-0.2, -0.15) is 0 Å². The van der Waals surface area contributed by atoms with E-state index in [1.54, 1.807) is 6.07 Å². The largest absolute Gasteiger partial charge is 0.416 e. The molecule has 3 heteroatoms. The molecule has 0 aliphatic carbocycles. The molecule has 0 radical (unpaired) electrons. The highest BCUT2D eigenvalue weighted by Gasteiger charge is 2.37. The van der Waals surface area contributed by atoms with Gasteiger partial charge in [0.2, 0.25) is 0 Å². The van der Waals surface area contributed by atoms with Gasteiger partial charge >= 0.3 is 6.92 Å². The summed E-state index contributed by atoms with van der Waals surface area (Å²) in [5.74, 6) is -0.224. The summed E-state index contributed by atoms with van der Waals surface area (Å²) >= 11 is 0. The molecular formula is C20H16BFO. The Labute approximate surface area is 135 Å². The van der Waals surface area contributed by atoms with Crippen molar-refractivity contribution in [1.82, 2.24) is 0 Å². The molecule has 0 N–H and O–H groups in total. The van der Waals surface area contributed by atoms with E-state index in [-0.39, 0.29) is 18.8 Å². The minimum absolute atomic E-state index is 0.157. The molecule has 0 amide bonds. The SMILES string of the molecule is Cc1cccc(B2OC(c3ccccc3)c3cc(F)ccc32)c1. The molecule has 0 fully saturated rings. The maximum atomic E-state index is 13.8. The number of fused-ring (bicyclic) bond motifs is 1. The lowest BCUT2D eigenvalue weighted by Gasteiger charge is -2.14. The molecule has 4 rings (SSSR count). The zero-order valence-electron chi connectivity index (χ0n) is 12.9. The second-order valence-electron chi connectivity index (χ2n) is 5.99. The van der Waals surface area contributed by atoms with E-state index in [2.05, 4.69) is 25.1 Å². The molecule has 0 aromatic heterocycles. The van der Waals surface area contributed by atoms with Crippen molar-refractivity contribution < 1.29 is 9.04 Å². The predicted molar refractivity (Wildman–Crippen MR) is 92.0 cm³/mol. The van der Waals surface area contributed by atoms with Crippen LogP contribution in [0.4, 0.5) is 4.39 Å². The summed E-state index contributed by atoms with van der Waals surface area (Å²) in [6, 6.07) is 23.3. The lowest BCUT2D eigenvalue weighted by Crippen LogP contribution is -2.41. The first kappa shape index (κ1) is 14.2. The number of aryl methyl sites for hydroxylation is 1. The second kappa shape index (κ2) is 5.67. The summed E-state index contributed by atoms with van der Waals surface area (Å²) in [6.07, 6.45) is -0.229. The zero-order chi connectivity index (χ0) is 15.8. The van der Waals surface area contributed by atoms with Gasteiger partial charge in [0.25, 0.3) is 0 Å². The molecule has 0 spiro atoms. The molecule has 0 saturated heterocycles. The number of rotatable bonds is 2. The Morgan fingerprint density at radius 3 is 2.52 bits per heavy atom. The van der Waals surface area contributed by atoms with Crippen molar-refractivity contribution in [1.29, 1.82) is 0 Å². The van der Waals surface area contributed by atoms with E-state index >= 15 is 0 Å². The molecule has 1 heterocycles. The van der Waals surface area contributed by atoms with Gasteiger partial charge in [0.15, 0.2) is 0 Å². The van der Waals surface area contributed by atoms with Gasteiger partial charge in [0.05, 0.1) is 6.10 Å². The van der Waals surface area contributed by atoms with Crippen molar-refractivity contribution in [2.24, 2.45) is 0 Å². The second-order valence-corrected chi connectivity index (χ2v) is 5.99. The van der Waals surface area contributed by atoms with Gasteiger partial charge in [0.1, 0.15) is 5.82 Å². The molecule has 1 aliphatic heterocycles. The first-order valence-electron chi connectivity index (χ1n) is 7.79. The fraction of sp³-hybridized carbons (Fsp3) is 0.100. The summed E-state index contributed by atoms with van der Waals surface area (Å²) in [5, 5.41) is 0. The van der Waals surface area contributed by atoms with E-state index in [4.69, 9.17) is 4.65 Å². The number of benzene rings is 3. The van der Waals surface area contributed by atoms with Crippen molar-refractivity contribution in [3.63, 3.8) is 0 Å². The number of hydrogen-bond acceptors (Lipinski definition) is 1. The van der Waals surface area contributed by atoms with Crippen LogP contribution in [0, 0.1) is 12.7 Å². The highest BCUT2D eigenvalue weighted by atomic mass is 19.1. The molecule has 0 saturated carbocycles. The molecule has 0 bridgehead atoms. The van der Waals surface area contributed by atoms with Gasteiger partial charge in [0, 0.05) is 0 Å². The van der Waals surface area contributed by atoms with Crippen LogP contribution in [-0.2, 0) is 4.65 Å². The Balaban J connectivity index is 1.83. The van der Waals surface area contributed by atoms with Crippen LogP contribution in [0.1, 0.15) is 22.8 Å².